The number of aromatic nitrogens is 1. The van der Waals surface area contributed by atoms with Gasteiger partial charge in [0.25, 0.3) is 0 Å². The van der Waals surface area contributed by atoms with Crippen molar-refractivity contribution in [3.63, 3.8) is 0 Å². The van der Waals surface area contributed by atoms with E-state index in [4.69, 9.17) is 11.6 Å². The Bertz CT molecular complexity index is 730. The average molecular weight is 334 g/mol. The molecule has 0 radical (unpaired) electrons. The molecule has 0 aliphatic carbocycles. The Morgan fingerprint density at radius 3 is 2.52 bits per heavy atom. The Kier molecular flexibility index (Phi) is 5.11. The summed E-state index contributed by atoms with van der Waals surface area (Å²) in [4.78, 5) is 17.8. The molecule has 0 unspecified atom stereocenters. The van der Waals surface area contributed by atoms with Gasteiger partial charge in [-0.2, -0.15) is 0 Å². The molecule has 2 rings (SSSR count). The van der Waals surface area contributed by atoms with E-state index < -0.39 is 5.97 Å². The molecule has 1 aromatic carbocycles. The van der Waals surface area contributed by atoms with Gasteiger partial charge in [-0.05, 0) is 30.2 Å². The van der Waals surface area contributed by atoms with Gasteiger partial charge in [0.15, 0.2) is 0 Å². The molecular formula is C17H20ClN3O2. The number of para-hydroxylation sites is 1. The van der Waals surface area contributed by atoms with E-state index in [0.29, 0.717) is 16.5 Å². The Morgan fingerprint density at radius 2 is 1.96 bits per heavy atom. The molecule has 5 nitrogen and oxygen atoms in total. The molecule has 0 amide bonds. The number of pyridine rings is 1. The highest BCUT2D eigenvalue weighted by molar-refractivity contribution is 6.34. The molecule has 2 N–H and O–H groups in total. The molecule has 0 bridgehead atoms. The summed E-state index contributed by atoms with van der Waals surface area (Å²) in [5.74, 6) is -0.510. The van der Waals surface area contributed by atoms with Gasteiger partial charge < -0.3 is 15.3 Å². The molecule has 1 heterocycles. The molecule has 0 aliphatic heterocycles. The Balaban J connectivity index is 2.53. The van der Waals surface area contributed by atoms with Crippen LogP contribution in [0.5, 0.6) is 0 Å². The molecule has 122 valence electrons. The second-order valence-corrected chi connectivity index (χ2v) is 6.15. The summed E-state index contributed by atoms with van der Waals surface area (Å²) in [6.45, 7) is 4.02. The van der Waals surface area contributed by atoms with E-state index in [1.807, 2.05) is 45.0 Å². The van der Waals surface area contributed by atoms with Gasteiger partial charge in [-0.1, -0.05) is 31.5 Å². The molecule has 0 saturated heterocycles. The molecule has 0 atom stereocenters. The van der Waals surface area contributed by atoms with Crippen molar-refractivity contribution in [3.8, 4) is 0 Å². The minimum Gasteiger partial charge on any atom is -0.478 e. The fourth-order valence-electron chi connectivity index (χ4n) is 2.26. The number of aromatic carboxylic acids is 1. The summed E-state index contributed by atoms with van der Waals surface area (Å²) in [6.07, 6.45) is 0. The predicted octanol–water partition coefficient (Wildman–Crippen LogP) is 4.37. The average Bonchev–Trinajstić information content (AvgIpc) is 2.46. The molecule has 0 spiro atoms. The lowest BCUT2D eigenvalue weighted by Gasteiger charge is -2.20. The third kappa shape index (κ3) is 3.74. The Labute approximate surface area is 140 Å². The number of halogens is 1. The number of anilines is 3. The number of nitrogens with zero attached hydrogens (tertiary/aromatic N) is 2. The zero-order chi connectivity index (χ0) is 17.1. The summed E-state index contributed by atoms with van der Waals surface area (Å²) >= 11 is 6.26. The molecular weight excluding hydrogens is 314 g/mol. The third-order valence-electron chi connectivity index (χ3n) is 3.43. The Morgan fingerprint density at radius 1 is 1.26 bits per heavy atom. The molecule has 23 heavy (non-hydrogen) atoms. The van der Waals surface area contributed by atoms with Gasteiger partial charge in [-0.25, -0.2) is 9.78 Å². The third-order valence-corrected chi connectivity index (χ3v) is 3.73. The molecule has 1 aromatic heterocycles. The van der Waals surface area contributed by atoms with Gasteiger partial charge >= 0.3 is 5.97 Å². The van der Waals surface area contributed by atoms with Crippen LogP contribution in [0.15, 0.2) is 30.3 Å². The van der Waals surface area contributed by atoms with Gasteiger partial charge in [-0.15, -0.1) is 0 Å². The van der Waals surface area contributed by atoms with Crippen molar-refractivity contribution < 1.29 is 9.90 Å². The van der Waals surface area contributed by atoms with E-state index in [0.717, 1.165) is 11.4 Å². The van der Waals surface area contributed by atoms with Crippen molar-refractivity contribution in [3.05, 3.63) is 46.6 Å². The second-order valence-electron chi connectivity index (χ2n) is 5.75. The summed E-state index contributed by atoms with van der Waals surface area (Å²) in [6, 6.07) is 8.76. The lowest BCUT2D eigenvalue weighted by atomic mass is 10.1. The number of rotatable bonds is 5. The van der Waals surface area contributed by atoms with Crippen molar-refractivity contribution in [2.75, 3.05) is 24.3 Å². The van der Waals surface area contributed by atoms with E-state index in [9.17, 15) is 9.90 Å². The van der Waals surface area contributed by atoms with Crippen LogP contribution in [0.3, 0.4) is 0 Å². The van der Waals surface area contributed by atoms with Crippen molar-refractivity contribution >= 4 is 34.8 Å². The highest BCUT2D eigenvalue weighted by Gasteiger charge is 2.16. The van der Waals surface area contributed by atoms with Crippen LogP contribution < -0.4 is 10.2 Å². The molecule has 2 aromatic rings. The van der Waals surface area contributed by atoms with Crippen LogP contribution in [0.2, 0.25) is 5.02 Å². The van der Waals surface area contributed by atoms with Crippen molar-refractivity contribution in [2.45, 2.75) is 19.8 Å². The maximum absolute atomic E-state index is 11.5. The molecule has 0 saturated carbocycles. The van der Waals surface area contributed by atoms with Crippen LogP contribution in [-0.4, -0.2) is 30.2 Å². The molecule has 6 heteroatoms. The molecule has 0 aliphatic rings. The first-order valence-electron chi connectivity index (χ1n) is 7.28. The van der Waals surface area contributed by atoms with E-state index in [1.54, 1.807) is 18.2 Å². The number of carboxylic acids is 1. The summed E-state index contributed by atoms with van der Waals surface area (Å²) in [5, 5.41) is 13.1. The largest absolute Gasteiger partial charge is 0.478 e. The van der Waals surface area contributed by atoms with Crippen LogP contribution in [0.4, 0.5) is 17.2 Å². The van der Waals surface area contributed by atoms with E-state index >= 15 is 0 Å². The normalized spacial score (nSPS) is 10.7. The first-order chi connectivity index (χ1) is 10.8. The SMILES string of the molecule is CC(C)c1ccc(C(=O)O)c(Nc2cccc(Cl)c2N(C)C)n1. The van der Waals surface area contributed by atoms with Crippen molar-refractivity contribution in [2.24, 2.45) is 0 Å². The van der Waals surface area contributed by atoms with Crippen LogP contribution >= 0.6 is 11.6 Å². The monoisotopic (exact) mass is 333 g/mol. The maximum atomic E-state index is 11.5. The highest BCUT2D eigenvalue weighted by atomic mass is 35.5. The topological polar surface area (TPSA) is 65.5 Å². The zero-order valence-electron chi connectivity index (χ0n) is 13.6. The first kappa shape index (κ1) is 17.1. The van der Waals surface area contributed by atoms with Crippen LogP contribution in [0.25, 0.3) is 0 Å². The summed E-state index contributed by atoms with van der Waals surface area (Å²) < 4.78 is 0. The number of hydrogen-bond acceptors (Lipinski definition) is 4. The Hall–Kier alpha value is -2.27. The van der Waals surface area contributed by atoms with Crippen LogP contribution in [-0.2, 0) is 0 Å². The lowest BCUT2D eigenvalue weighted by molar-refractivity contribution is 0.0697. The predicted molar refractivity (Wildman–Crippen MR) is 94.3 cm³/mol. The molecule has 0 fully saturated rings. The van der Waals surface area contributed by atoms with E-state index in [-0.39, 0.29) is 11.5 Å². The zero-order valence-corrected chi connectivity index (χ0v) is 14.3. The van der Waals surface area contributed by atoms with Crippen LogP contribution in [0.1, 0.15) is 35.8 Å². The number of carboxylic acid groups (broad SMARTS) is 1. The van der Waals surface area contributed by atoms with Gasteiger partial charge in [0.1, 0.15) is 11.4 Å². The minimum absolute atomic E-state index is 0.124. The van der Waals surface area contributed by atoms with Gasteiger partial charge in [0, 0.05) is 19.8 Å². The maximum Gasteiger partial charge on any atom is 0.339 e. The van der Waals surface area contributed by atoms with Crippen molar-refractivity contribution in [1.29, 1.82) is 0 Å². The first-order valence-corrected chi connectivity index (χ1v) is 7.66. The van der Waals surface area contributed by atoms with Gasteiger partial charge in [0.05, 0.1) is 16.4 Å². The van der Waals surface area contributed by atoms with Gasteiger partial charge in [-0.3, -0.25) is 0 Å². The highest BCUT2D eigenvalue weighted by Crippen LogP contribution is 2.35. The standard InChI is InChI=1S/C17H20ClN3O2/c1-10(2)13-9-8-11(17(22)23)16(19-13)20-14-7-5-6-12(18)15(14)21(3)4/h5-10H,1-4H3,(H,19,20)(H,22,23). The second kappa shape index (κ2) is 6.87. The fourth-order valence-corrected chi connectivity index (χ4v) is 2.61. The fraction of sp³-hybridized carbons (Fsp3) is 0.294. The number of nitrogens with one attached hydrogen (secondary N) is 1. The minimum atomic E-state index is -1.02. The number of benzene rings is 1. The van der Waals surface area contributed by atoms with E-state index in [1.165, 1.54) is 0 Å². The van der Waals surface area contributed by atoms with Gasteiger partial charge in [0.2, 0.25) is 0 Å². The number of carbonyl (C=O) groups is 1. The van der Waals surface area contributed by atoms with E-state index in [2.05, 4.69) is 10.3 Å². The van der Waals surface area contributed by atoms with Crippen LogP contribution in [0, 0.1) is 0 Å². The lowest BCUT2D eigenvalue weighted by Crippen LogP contribution is -2.13. The number of hydrogen-bond donors (Lipinski definition) is 2. The quantitative estimate of drug-likeness (QED) is 0.850. The van der Waals surface area contributed by atoms with Crippen molar-refractivity contribution in [1.82, 2.24) is 4.98 Å². The summed E-state index contributed by atoms with van der Waals surface area (Å²) in [5.41, 5.74) is 2.44. The smallest absolute Gasteiger partial charge is 0.339 e. The summed E-state index contributed by atoms with van der Waals surface area (Å²) in [7, 11) is 3.75.